The van der Waals surface area contributed by atoms with Crippen LogP contribution in [0.4, 0.5) is 5.69 Å². The number of aryl methyl sites for hydroxylation is 1. The van der Waals surface area contributed by atoms with Gasteiger partial charge in [0.15, 0.2) is 23.1 Å². The van der Waals surface area contributed by atoms with Crippen molar-refractivity contribution >= 4 is 56.6 Å². The molecule has 1 aliphatic heterocycles. The van der Waals surface area contributed by atoms with Gasteiger partial charge in [-0.05, 0) is 65.4 Å². The van der Waals surface area contributed by atoms with E-state index in [2.05, 4.69) is 15.9 Å². The SMILES string of the molecule is COc1cccc(C2C3=CCC4C(=O)N(c5ccc(C)c(Cl)c5)C(=O)C4C3CC3=C2C(=O)C=C(Br)C3=O)c1O. The number of carbonyl (C=O) groups is 4. The Morgan fingerprint density at radius 1 is 1.08 bits per heavy atom. The van der Waals surface area contributed by atoms with Gasteiger partial charge in [0, 0.05) is 33.7 Å². The molecule has 0 radical (unpaired) electrons. The highest BCUT2D eigenvalue weighted by Gasteiger charge is 2.57. The minimum Gasteiger partial charge on any atom is -0.504 e. The third-order valence-corrected chi connectivity index (χ3v) is 9.30. The first-order valence-corrected chi connectivity index (χ1v) is 13.7. The Morgan fingerprint density at radius 3 is 2.56 bits per heavy atom. The number of aromatic hydroxyl groups is 1. The lowest BCUT2D eigenvalue weighted by molar-refractivity contribution is -0.123. The lowest BCUT2D eigenvalue weighted by atomic mass is 9.59. The number of nitrogens with zero attached hydrogens (tertiary/aromatic N) is 1. The van der Waals surface area contributed by atoms with Gasteiger partial charge in [-0.25, -0.2) is 4.90 Å². The summed E-state index contributed by atoms with van der Waals surface area (Å²) in [5, 5.41) is 11.6. The molecule has 0 bridgehead atoms. The van der Waals surface area contributed by atoms with E-state index in [0.29, 0.717) is 28.3 Å². The minimum absolute atomic E-state index is 0.137. The predicted octanol–water partition coefficient (Wildman–Crippen LogP) is 5.33. The number of methoxy groups -OCH3 is 1. The highest BCUT2D eigenvalue weighted by atomic mass is 79.9. The molecule has 7 nitrogen and oxygen atoms in total. The van der Waals surface area contributed by atoms with Crippen molar-refractivity contribution in [2.75, 3.05) is 12.0 Å². The average Bonchev–Trinajstić information content (AvgIpc) is 3.17. The number of anilines is 1. The second-order valence-electron chi connectivity index (χ2n) is 10.2. The number of carbonyl (C=O) groups excluding carboxylic acids is 4. The Morgan fingerprint density at radius 2 is 1.85 bits per heavy atom. The molecule has 39 heavy (non-hydrogen) atoms. The van der Waals surface area contributed by atoms with E-state index in [1.165, 1.54) is 18.1 Å². The number of ether oxygens (including phenoxy) is 1. The number of fused-ring (bicyclic) bond motifs is 3. The molecule has 0 saturated carbocycles. The molecule has 1 fully saturated rings. The van der Waals surface area contributed by atoms with Crippen LogP contribution in [0.5, 0.6) is 11.5 Å². The Hall–Kier alpha value is -3.49. The van der Waals surface area contributed by atoms with Crippen molar-refractivity contribution in [2.24, 2.45) is 17.8 Å². The fraction of sp³-hybridized carbons (Fsp3) is 0.267. The van der Waals surface area contributed by atoms with Crippen LogP contribution >= 0.6 is 27.5 Å². The first-order chi connectivity index (χ1) is 18.6. The van der Waals surface area contributed by atoms with E-state index in [1.54, 1.807) is 36.4 Å². The number of ketones is 2. The van der Waals surface area contributed by atoms with E-state index in [9.17, 15) is 24.3 Å². The molecule has 1 N–H and O–H groups in total. The number of imide groups is 1. The van der Waals surface area contributed by atoms with Gasteiger partial charge >= 0.3 is 0 Å². The van der Waals surface area contributed by atoms with Gasteiger partial charge in [0.1, 0.15) is 0 Å². The van der Waals surface area contributed by atoms with Gasteiger partial charge in [-0.15, -0.1) is 0 Å². The Bertz CT molecular complexity index is 1600. The Kier molecular flexibility index (Phi) is 6.15. The summed E-state index contributed by atoms with van der Waals surface area (Å²) >= 11 is 9.54. The van der Waals surface area contributed by atoms with Gasteiger partial charge in [0.25, 0.3) is 0 Å². The molecule has 4 unspecified atom stereocenters. The zero-order valence-corrected chi connectivity index (χ0v) is 23.4. The topological polar surface area (TPSA) is 101 Å². The fourth-order valence-electron chi connectivity index (χ4n) is 6.47. The van der Waals surface area contributed by atoms with E-state index >= 15 is 0 Å². The number of amides is 2. The van der Waals surface area contributed by atoms with Gasteiger partial charge in [-0.3, -0.25) is 19.2 Å². The standard InChI is InChI=1S/C30H23BrClNO6/c1-13-6-7-14(10-21(13)32)33-29(37)17-9-8-15-18(25(17)30(33)38)11-19-26(22(34)12-20(31)27(19)35)24(15)16-4-3-5-23(39-2)28(16)36/h3-8,10,12,17-18,24-25,36H,9,11H2,1-2H3. The molecular formula is C30H23BrClNO6. The molecule has 0 aromatic heterocycles. The minimum atomic E-state index is -0.770. The number of hydrogen-bond acceptors (Lipinski definition) is 6. The van der Waals surface area contributed by atoms with Crippen LogP contribution in [0.15, 0.2) is 69.8 Å². The maximum Gasteiger partial charge on any atom is 0.238 e. The molecule has 6 rings (SSSR count). The Balaban J connectivity index is 1.50. The van der Waals surface area contributed by atoms with Gasteiger partial charge in [0.05, 0.1) is 29.1 Å². The summed E-state index contributed by atoms with van der Waals surface area (Å²) in [5.41, 5.74) is 2.96. The number of phenols is 1. The number of rotatable bonds is 3. The maximum absolute atomic E-state index is 14.0. The first kappa shape index (κ1) is 25.8. The number of allylic oxidation sites excluding steroid dienone is 6. The van der Waals surface area contributed by atoms with Crippen molar-refractivity contribution < 1.29 is 29.0 Å². The smallest absolute Gasteiger partial charge is 0.238 e. The van der Waals surface area contributed by atoms with Crippen LogP contribution in [0.25, 0.3) is 0 Å². The van der Waals surface area contributed by atoms with Gasteiger partial charge in [-0.2, -0.15) is 0 Å². The third kappa shape index (κ3) is 3.76. The molecule has 1 heterocycles. The van der Waals surface area contributed by atoms with Gasteiger partial charge in [-0.1, -0.05) is 41.4 Å². The molecule has 2 amide bonds. The molecule has 198 valence electrons. The van der Waals surface area contributed by atoms with Crippen LogP contribution in [0, 0.1) is 24.7 Å². The summed E-state index contributed by atoms with van der Waals surface area (Å²) in [6, 6.07) is 10.1. The predicted molar refractivity (Wildman–Crippen MR) is 148 cm³/mol. The molecule has 4 aliphatic rings. The van der Waals surface area contributed by atoms with Crippen molar-refractivity contribution in [3.8, 4) is 11.5 Å². The second kappa shape index (κ2) is 9.31. The van der Waals surface area contributed by atoms with Crippen LogP contribution in [0.1, 0.15) is 29.9 Å². The number of Topliss-reactive ketones (excluding diaryl/α,β-unsaturated/α-hetero) is 1. The van der Waals surface area contributed by atoms with E-state index in [1.807, 2.05) is 13.0 Å². The lowest BCUT2D eigenvalue weighted by Crippen LogP contribution is -2.39. The van der Waals surface area contributed by atoms with Crippen LogP contribution in [-0.2, 0) is 19.2 Å². The molecule has 3 aliphatic carbocycles. The second-order valence-corrected chi connectivity index (χ2v) is 11.5. The summed E-state index contributed by atoms with van der Waals surface area (Å²) < 4.78 is 5.47. The van der Waals surface area contributed by atoms with Gasteiger partial charge in [0.2, 0.25) is 11.8 Å². The highest BCUT2D eigenvalue weighted by Crippen LogP contribution is 2.57. The molecule has 0 spiro atoms. The normalized spacial score (nSPS) is 26.2. The summed E-state index contributed by atoms with van der Waals surface area (Å²) in [7, 11) is 1.43. The average molecular weight is 609 g/mol. The zero-order chi connectivity index (χ0) is 27.7. The van der Waals surface area contributed by atoms with Gasteiger partial charge < -0.3 is 9.84 Å². The van der Waals surface area contributed by atoms with E-state index in [0.717, 1.165) is 11.1 Å². The quantitative estimate of drug-likeness (QED) is 0.287. The summed E-state index contributed by atoms with van der Waals surface area (Å²) in [6.07, 6.45) is 3.59. The number of halogens is 2. The van der Waals surface area contributed by atoms with E-state index < -0.39 is 23.7 Å². The molecular weight excluding hydrogens is 586 g/mol. The number of para-hydroxylation sites is 1. The number of benzene rings is 2. The largest absolute Gasteiger partial charge is 0.504 e. The first-order valence-electron chi connectivity index (χ1n) is 12.5. The van der Waals surface area contributed by atoms with Crippen LogP contribution in [0.3, 0.4) is 0 Å². The molecule has 2 aromatic carbocycles. The van der Waals surface area contributed by atoms with Crippen molar-refractivity contribution in [3.63, 3.8) is 0 Å². The van der Waals surface area contributed by atoms with Crippen molar-refractivity contribution in [1.82, 2.24) is 0 Å². The van der Waals surface area contributed by atoms with Crippen LogP contribution in [0.2, 0.25) is 5.02 Å². The third-order valence-electron chi connectivity index (χ3n) is 8.31. The van der Waals surface area contributed by atoms with Crippen molar-refractivity contribution in [1.29, 1.82) is 0 Å². The molecule has 9 heteroatoms. The molecule has 2 aromatic rings. The number of phenolic OH excluding ortho intramolecular Hbond substituents is 1. The van der Waals surface area contributed by atoms with E-state index in [4.69, 9.17) is 16.3 Å². The summed E-state index contributed by atoms with van der Waals surface area (Å²) in [6.45, 7) is 1.84. The summed E-state index contributed by atoms with van der Waals surface area (Å²) in [5.74, 6) is -3.88. The van der Waals surface area contributed by atoms with Crippen LogP contribution in [-0.4, -0.2) is 35.6 Å². The monoisotopic (exact) mass is 607 g/mol. The zero-order valence-electron chi connectivity index (χ0n) is 21.0. The van der Waals surface area contributed by atoms with E-state index in [-0.39, 0.29) is 51.4 Å². The lowest BCUT2D eigenvalue weighted by Gasteiger charge is -2.42. The maximum atomic E-state index is 14.0. The summed E-state index contributed by atoms with van der Waals surface area (Å²) in [4.78, 5) is 55.4. The highest BCUT2D eigenvalue weighted by molar-refractivity contribution is 9.12. The molecule has 4 atom stereocenters. The van der Waals surface area contributed by atoms with Crippen molar-refractivity contribution in [3.05, 3.63) is 85.9 Å². The Labute approximate surface area is 237 Å². The number of hydrogen-bond donors (Lipinski definition) is 1. The fourth-order valence-corrected chi connectivity index (χ4v) is 7.10. The van der Waals surface area contributed by atoms with Crippen molar-refractivity contribution in [2.45, 2.75) is 25.7 Å². The van der Waals surface area contributed by atoms with Crippen LogP contribution < -0.4 is 9.64 Å². The molecule has 1 saturated heterocycles.